The minimum Gasteiger partial charge on any atom is -0.501 e. The van der Waals surface area contributed by atoms with Gasteiger partial charge in [0, 0.05) is 44.6 Å². The van der Waals surface area contributed by atoms with Gasteiger partial charge in [0.1, 0.15) is 5.78 Å². The summed E-state index contributed by atoms with van der Waals surface area (Å²) in [5, 5.41) is 3.13. The van der Waals surface area contributed by atoms with Gasteiger partial charge in [-0.2, -0.15) is 0 Å². The molecule has 0 radical (unpaired) electrons. The number of rotatable bonds is 10. The molecule has 2 aliphatic carbocycles. The lowest BCUT2D eigenvalue weighted by Crippen LogP contribution is -2.19. The lowest BCUT2D eigenvalue weighted by molar-refractivity contribution is -0.124. The lowest BCUT2D eigenvalue weighted by Gasteiger charge is -2.23. The van der Waals surface area contributed by atoms with Crippen LogP contribution in [0.1, 0.15) is 70.8 Å². The third-order valence-electron chi connectivity index (χ3n) is 6.46. The van der Waals surface area contributed by atoms with Crippen LogP contribution in [0.25, 0.3) is 0 Å². The smallest absolute Gasteiger partial charge is 0.209 e. The van der Waals surface area contributed by atoms with Crippen molar-refractivity contribution in [2.75, 3.05) is 33.1 Å². The van der Waals surface area contributed by atoms with Crippen molar-refractivity contribution in [3.8, 4) is 0 Å². The van der Waals surface area contributed by atoms with E-state index in [4.69, 9.17) is 4.74 Å². The molecule has 1 N–H and O–H groups in total. The number of benzene rings is 1. The van der Waals surface area contributed by atoms with E-state index in [0.717, 1.165) is 62.9 Å². The Labute approximate surface area is 207 Å². The van der Waals surface area contributed by atoms with Crippen LogP contribution in [0.3, 0.4) is 0 Å². The highest BCUT2D eigenvalue weighted by atomic mass is 16.5. The summed E-state index contributed by atoms with van der Waals surface area (Å²) in [6.07, 6.45) is 16.7. The van der Waals surface area contributed by atoms with Crippen molar-refractivity contribution in [2.45, 2.75) is 71.6 Å². The number of hydrogen-bond donors (Lipinski definition) is 1. The average Bonchev–Trinajstić information content (AvgIpc) is 2.92. The summed E-state index contributed by atoms with van der Waals surface area (Å²) in [6, 6.07) is 8.12. The van der Waals surface area contributed by atoms with Crippen molar-refractivity contribution in [3.05, 3.63) is 53.8 Å². The summed E-state index contributed by atoms with van der Waals surface area (Å²) in [7, 11) is 5.41. The number of para-hydroxylation sites is 1. The molecule has 0 bridgehead atoms. The third kappa shape index (κ3) is 10.6. The quantitative estimate of drug-likeness (QED) is 0.402. The Kier molecular flexibility index (Phi) is 15.5. The zero-order valence-corrected chi connectivity index (χ0v) is 22.0. The predicted octanol–water partition coefficient (Wildman–Crippen LogP) is 6.41. The number of allylic oxidation sites excluding steroid dienone is 4. The van der Waals surface area contributed by atoms with Gasteiger partial charge in [-0.1, -0.05) is 63.5 Å². The van der Waals surface area contributed by atoms with E-state index < -0.39 is 0 Å². The van der Waals surface area contributed by atoms with Gasteiger partial charge in [0.25, 0.3) is 0 Å². The van der Waals surface area contributed by atoms with Gasteiger partial charge >= 0.3 is 0 Å². The topological polar surface area (TPSA) is 58.6 Å². The van der Waals surface area contributed by atoms with Crippen molar-refractivity contribution < 1.29 is 14.3 Å². The van der Waals surface area contributed by atoms with Gasteiger partial charge in [0.15, 0.2) is 0 Å². The molecule has 34 heavy (non-hydrogen) atoms. The Bertz CT molecular complexity index is 766. The number of ketones is 1. The molecule has 1 fully saturated rings. The van der Waals surface area contributed by atoms with Gasteiger partial charge in [0.2, 0.25) is 6.41 Å². The first-order valence-electron chi connectivity index (χ1n) is 12.9. The van der Waals surface area contributed by atoms with E-state index in [1.54, 1.807) is 19.1 Å². The maximum absolute atomic E-state index is 12.2. The second kappa shape index (κ2) is 17.9. The highest BCUT2D eigenvalue weighted by Gasteiger charge is 2.23. The minimum absolute atomic E-state index is 0.354. The van der Waals surface area contributed by atoms with E-state index in [0.29, 0.717) is 17.6 Å². The van der Waals surface area contributed by atoms with Gasteiger partial charge in [0.05, 0.1) is 12.9 Å². The number of likely N-dealkylation sites (N-methyl/N-ethyl adjacent to an activating group) is 1. The highest BCUT2D eigenvalue weighted by Crippen LogP contribution is 2.29. The van der Waals surface area contributed by atoms with Gasteiger partial charge in [-0.3, -0.25) is 9.59 Å². The number of amides is 1. The van der Waals surface area contributed by atoms with Crippen LogP contribution in [0, 0.1) is 11.8 Å². The summed E-state index contributed by atoms with van der Waals surface area (Å²) in [4.78, 5) is 24.2. The summed E-state index contributed by atoms with van der Waals surface area (Å²) in [6.45, 7) is 4.75. The number of ether oxygens (including phenoxy) is 1. The number of Topliss-reactive ketones (excluding diaryl/α,β-unsaturated/α-hetero) is 1. The second-order valence-corrected chi connectivity index (χ2v) is 8.72. The number of hydrogen-bond acceptors (Lipinski definition) is 4. The SMILES string of the molecule is CC.CNc1ccccc1CCN(C)C=O.COC1=CC=CCC1CCC(=O)C1CCCCC1. The molecule has 0 heterocycles. The number of nitrogens with one attached hydrogen (secondary N) is 1. The first-order valence-corrected chi connectivity index (χ1v) is 12.9. The molecule has 5 nitrogen and oxygen atoms in total. The van der Waals surface area contributed by atoms with E-state index in [-0.39, 0.29) is 0 Å². The maximum Gasteiger partial charge on any atom is 0.209 e. The Morgan fingerprint density at radius 2 is 1.88 bits per heavy atom. The van der Waals surface area contributed by atoms with Gasteiger partial charge in [-0.25, -0.2) is 0 Å². The third-order valence-corrected chi connectivity index (χ3v) is 6.46. The number of methoxy groups -OCH3 is 1. The van der Waals surface area contributed by atoms with Crippen LogP contribution >= 0.6 is 0 Å². The monoisotopic (exact) mass is 470 g/mol. The Morgan fingerprint density at radius 3 is 2.53 bits per heavy atom. The van der Waals surface area contributed by atoms with Crippen molar-refractivity contribution in [1.82, 2.24) is 4.90 Å². The van der Waals surface area contributed by atoms with Gasteiger partial charge in [-0.05, 0) is 49.8 Å². The number of nitrogens with zero attached hydrogens (tertiary/aromatic N) is 1. The van der Waals surface area contributed by atoms with Crippen molar-refractivity contribution in [2.24, 2.45) is 11.8 Å². The van der Waals surface area contributed by atoms with Crippen LogP contribution in [0.15, 0.2) is 48.3 Å². The first-order chi connectivity index (χ1) is 16.6. The van der Waals surface area contributed by atoms with Gasteiger partial charge in [-0.15, -0.1) is 0 Å². The number of carbonyl (C=O) groups excluding carboxylic acids is 2. The van der Waals surface area contributed by atoms with Gasteiger partial charge < -0.3 is 15.0 Å². The second-order valence-electron chi connectivity index (χ2n) is 8.72. The molecule has 3 rings (SSSR count). The first kappa shape index (κ1) is 29.5. The molecule has 0 spiro atoms. The molecule has 0 aliphatic heterocycles. The Morgan fingerprint density at radius 1 is 1.18 bits per heavy atom. The Balaban J connectivity index is 0.000000326. The summed E-state index contributed by atoms with van der Waals surface area (Å²) in [5.41, 5.74) is 2.37. The van der Waals surface area contributed by atoms with Crippen LogP contribution in [0.4, 0.5) is 5.69 Å². The van der Waals surface area contributed by atoms with E-state index >= 15 is 0 Å². The molecular formula is C29H46N2O3. The molecule has 5 heteroatoms. The summed E-state index contributed by atoms with van der Waals surface area (Å²) >= 11 is 0. The van der Waals surface area contributed by atoms with Crippen LogP contribution in [-0.2, 0) is 20.7 Å². The average molecular weight is 471 g/mol. The zero-order valence-electron chi connectivity index (χ0n) is 22.0. The largest absolute Gasteiger partial charge is 0.501 e. The highest BCUT2D eigenvalue weighted by molar-refractivity contribution is 5.81. The van der Waals surface area contributed by atoms with Crippen LogP contribution in [0.2, 0.25) is 0 Å². The molecule has 1 atom stereocenters. The van der Waals surface area contributed by atoms with E-state index in [1.165, 1.54) is 24.8 Å². The number of carbonyl (C=O) groups is 2. The molecular weight excluding hydrogens is 424 g/mol. The molecule has 1 aromatic rings. The molecule has 2 aliphatic rings. The molecule has 190 valence electrons. The number of anilines is 1. The normalized spacial score (nSPS) is 17.2. The fourth-order valence-corrected chi connectivity index (χ4v) is 4.43. The summed E-state index contributed by atoms with van der Waals surface area (Å²) < 4.78 is 5.38. The van der Waals surface area contributed by atoms with Crippen molar-refractivity contribution >= 4 is 17.9 Å². The molecule has 1 amide bonds. The van der Waals surface area contributed by atoms with Crippen molar-refractivity contribution in [3.63, 3.8) is 0 Å². The molecule has 1 unspecified atom stereocenters. The fraction of sp³-hybridized carbons (Fsp3) is 0.586. The predicted molar refractivity (Wildman–Crippen MR) is 143 cm³/mol. The van der Waals surface area contributed by atoms with E-state index in [2.05, 4.69) is 17.5 Å². The molecule has 1 aromatic carbocycles. The standard InChI is InChI=1S/C16H24O2.C11H16N2O.C2H6/c1-18-16-10-6-5-9-14(16)11-12-15(17)13-7-3-2-4-8-13;1-12-11-6-4-3-5-10(11)7-8-13(2)9-14;1-2/h5-6,10,13-14H,2-4,7-9,11-12H2,1H3;3-6,9,12H,7-8H2,1-2H3;1-2H3. The Hall–Kier alpha value is -2.56. The van der Waals surface area contributed by atoms with Crippen LogP contribution in [0.5, 0.6) is 0 Å². The fourth-order valence-electron chi connectivity index (χ4n) is 4.43. The lowest BCUT2D eigenvalue weighted by atomic mass is 9.83. The molecule has 0 saturated heterocycles. The molecule has 1 saturated carbocycles. The van der Waals surface area contributed by atoms with E-state index in [1.807, 2.05) is 51.2 Å². The molecule has 0 aromatic heterocycles. The summed E-state index contributed by atoms with van der Waals surface area (Å²) in [5.74, 6) is 2.29. The maximum atomic E-state index is 12.2. The minimum atomic E-state index is 0.354. The van der Waals surface area contributed by atoms with E-state index in [9.17, 15) is 9.59 Å². The van der Waals surface area contributed by atoms with Crippen LogP contribution in [-0.4, -0.2) is 44.8 Å². The zero-order chi connectivity index (χ0) is 25.2. The van der Waals surface area contributed by atoms with Crippen LogP contribution < -0.4 is 5.32 Å². The van der Waals surface area contributed by atoms with Crippen molar-refractivity contribution in [1.29, 1.82) is 0 Å².